The van der Waals surface area contributed by atoms with Gasteiger partial charge in [0, 0.05) is 19.3 Å². The summed E-state index contributed by atoms with van der Waals surface area (Å²) in [7, 11) is 0. The van der Waals surface area contributed by atoms with Gasteiger partial charge in [-0.1, -0.05) is 229 Å². The van der Waals surface area contributed by atoms with Crippen molar-refractivity contribution in [2.24, 2.45) is 0 Å². The third-order valence-electron chi connectivity index (χ3n) is 12.4. The van der Waals surface area contributed by atoms with E-state index in [1.807, 2.05) is 0 Å². The minimum atomic E-state index is -0.788. The number of ether oxygens (including phenoxy) is 3. The van der Waals surface area contributed by atoms with Crippen molar-refractivity contribution < 1.29 is 28.6 Å². The molecule has 392 valence electrons. The lowest BCUT2D eigenvalue weighted by Gasteiger charge is -2.18. The maximum atomic E-state index is 12.9. The normalized spacial score (nSPS) is 12.6. The van der Waals surface area contributed by atoms with Crippen LogP contribution in [0.15, 0.2) is 72.9 Å². The third-order valence-corrected chi connectivity index (χ3v) is 12.4. The second kappa shape index (κ2) is 56.4. The fourth-order valence-electron chi connectivity index (χ4n) is 7.99. The van der Waals surface area contributed by atoms with Crippen LogP contribution in [0.5, 0.6) is 0 Å². The lowest BCUT2D eigenvalue weighted by atomic mass is 10.1. The highest BCUT2D eigenvalue weighted by Gasteiger charge is 2.19. The summed E-state index contributed by atoms with van der Waals surface area (Å²) in [6.45, 7) is 6.55. The molecule has 0 aliphatic carbocycles. The SMILES string of the molecule is CCCC/C=C\C/C=C\CCCCCCCC(=O)OC[C@H](COC(=O)CCCCCCCCCCC/C=C\C/C=C\CCCCC)OC(=O)CCCCCCCCC/C=C\C/C=C\CCCCC. The summed E-state index contributed by atoms with van der Waals surface area (Å²) in [5.74, 6) is -0.903. The minimum Gasteiger partial charge on any atom is -0.462 e. The Morgan fingerprint density at radius 3 is 0.853 bits per heavy atom. The molecule has 0 spiro atoms. The Kier molecular flexibility index (Phi) is 53.8. The van der Waals surface area contributed by atoms with E-state index in [9.17, 15) is 14.4 Å². The molecule has 0 amide bonds. The number of rotatable bonds is 52. The van der Waals surface area contributed by atoms with Crippen LogP contribution in [0.25, 0.3) is 0 Å². The van der Waals surface area contributed by atoms with E-state index in [4.69, 9.17) is 14.2 Å². The van der Waals surface area contributed by atoms with Crippen LogP contribution >= 0.6 is 0 Å². The van der Waals surface area contributed by atoms with Gasteiger partial charge < -0.3 is 14.2 Å². The van der Waals surface area contributed by atoms with Crippen molar-refractivity contribution in [3.05, 3.63) is 72.9 Å². The average molecular weight is 950 g/mol. The molecule has 0 saturated carbocycles. The van der Waals surface area contributed by atoms with E-state index < -0.39 is 6.10 Å². The highest BCUT2D eigenvalue weighted by Crippen LogP contribution is 2.15. The molecule has 0 unspecified atom stereocenters. The molecule has 0 aromatic rings. The van der Waals surface area contributed by atoms with E-state index >= 15 is 0 Å². The first-order valence-electron chi connectivity index (χ1n) is 28.9. The Morgan fingerprint density at radius 1 is 0.294 bits per heavy atom. The zero-order valence-electron chi connectivity index (χ0n) is 44.9. The Morgan fingerprint density at radius 2 is 0.544 bits per heavy atom. The molecular weight excluding hydrogens is 841 g/mol. The first-order valence-corrected chi connectivity index (χ1v) is 28.9. The lowest BCUT2D eigenvalue weighted by Crippen LogP contribution is -2.30. The van der Waals surface area contributed by atoms with Crippen LogP contribution in [0.4, 0.5) is 0 Å². The first kappa shape index (κ1) is 64.8. The van der Waals surface area contributed by atoms with Gasteiger partial charge >= 0.3 is 17.9 Å². The van der Waals surface area contributed by atoms with Crippen LogP contribution in [0.2, 0.25) is 0 Å². The summed E-state index contributed by atoms with van der Waals surface area (Å²) in [6, 6.07) is 0. The van der Waals surface area contributed by atoms with E-state index in [-0.39, 0.29) is 31.1 Å². The molecule has 0 rings (SSSR count). The Bertz CT molecular complexity index is 1270. The van der Waals surface area contributed by atoms with Crippen LogP contribution < -0.4 is 0 Å². The number of hydrogen-bond donors (Lipinski definition) is 0. The Balaban J connectivity index is 4.40. The van der Waals surface area contributed by atoms with Gasteiger partial charge in [0.2, 0.25) is 0 Å². The fourth-order valence-corrected chi connectivity index (χ4v) is 7.99. The smallest absolute Gasteiger partial charge is 0.306 e. The summed E-state index contributed by atoms with van der Waals surface area (Å²) in [5, 5.41) is 0. The second-order valence-electron chi connectivity index (χ2n) is 19.2. The molecule has 0 aromatic carbocycles. The van der Waals surface area contributed by atoms with Gasteiger partial charge in [0.05, 0.1) is 0 Å². The van der Waals surface area contributed by atoms with Crippen LogP contribution in [0, 0.1) is 0 Å². The van der Waals surface area contributed by atoms with Gasteiger partial charge in [0.1, 0.15) is 13.2 Å². The summed E-state index contributed by atoms with van der Waals surface area (Å²) >= 11 is 0. The van der Waals surface area contributed by atoms with Gasteiger partial charge in [-0.25, -0.2) is 0 Å². The van der Waals surface area contributed by atoms with E-state index in [0.29, 0.717) is 19.3 Å². The zero-order chi connectivity index (χ0) is 49.3. The monoisotopic (exact) mass is 949 g/mol. The molecule has 6 nitrogen and oxygen atoms in total. The molecule has 0 fully saturated rings. The zero-order valence-corrected chi connectivity index (χ0v) is 44.9. The minimum absolute atomic E-state index is 0.0850. The van der Waals surface area contributed by atoms with Gasteiger partial charge in [0.25, 0.3) is 0 Å². The Labute approximate surface area is 421 Å². The molecule has 0 aromatic heterocycles. The summed E-state index contributed by atoms with van der Waals surface area (Å²) < 4.78 is 16.9. The largest absolute Gasteiger partial charge is 0.462 e. The van der Waals surface area contributed by atoms with E-state index in [0.717, 1.165) is 96.3 Å². The topological polar surface area (TPSA) is 78.9 Å². The van der Waals surface area contributed by atoms with Crippen LogP contribution in [-0.4, -0.2) is 37.2 Å². The van der Waals surface area contributed by atoms with Gasteiger partial charge in [-0.3, -0.25) is 14.4 Å². The molecule has 6 heteroatoms. The maximum Gasteiger partial charge on any atom is 0.306 e. The molecule has 0 aliphatic rings. The van der Waals surface area contributed by atoms with E-state index in [2.05, 4.69) is 93.7 Å². The molecule has 68 heavy (non-hydrogen) atoms. The average Bonchev–Trinajstić information content (AvgIpc) is 3.34. The number of allylic oxidation sites excluding steroid dienone is 12. The van der Waals surface area contributed by atoms with Gasteiger partial charge in [0.15, 0.2) is 6.10 Å². The van der Waals surface area contributed by atoms with Gasteiger partial charge in [-0.15, -0.1) is 0 Å². The molecule has 0 radical (unpaired) electrons. The van der Waals surface area contributed by atoms with E-state index in [1.54, 1.807) is 0 Å². The number of carbonyl (C=O) groups excluding carboxylic acids is 3. The summed E-state index contributed by atoms with van der Waals surface area (Å²) in [5.41, 5.74) is 0. The van der Waals surface area contributed by atoms with Crippen LogP contribution in [0.3, 0.4) is 0 Å². The maximum absolute atomic E-state index is 12.9. The quantitative estimate of drug-likeness (QED) is 0.0262. The number of esters is 3. The molecular formula is C62H108O6. The number of carbonyl (C=O) groups is 3. The molecule has 0 N–H and O–H groups in total. The van der Waals surface area contributed by atoms with Crippen molar-refractivity contribution in [3.8, 4) is 0 Å². The van der Waals surface area contributed by atoms with E-state index in [1.165, 1.54) is 148 Å². The molecule has 0 saturated heterocycles. The van der Waals surface area contributed by atoms with Crippen molar-refractivity contribution in [1.29, 1.82) is 0 Å². The fraction of sp³-hybridized carbons (Fsp3) is 0.758. The van der Waals surface area contributed by atoms with Crippen LogP contribution in [0.1, 0.15) is 284 Å². The number of hydrogen-bond acceptors (Lipinski definition) is 6. The highest BCUT2D eigenvalue weighted by atomic mass is 16.6. The van der Waals surface area contributed by atoms with Gasteiger partial charge in [-0.05, 0) is 109 Å². The number of unbranched alkanes of at least 4 members (excludes halogenated alkanes) is 29. The Hall–Kier alpha value is -3.15. The molecule has 0 aliphatic heterocycles. The molecule has 0 heterocycles. The molecule has 1 atom stereocenters. The second-order valence-corrected chi connectivity index (χ2v) is 19.2. The van der Waals surface area contributed by atoms with Crippen molar-refractivity contribution in [3.63, 3.8) is 0 Å². The standard InChI is InChI=1S/C62H108O6/c1-4-7-10-13-16-19-22-25-28-30-31-33-34-37-40-43-46-49-52-55-61(64)67-58-59(57-66-60(63)54-51-48-45-42-39-36-27-24-21-18-15-12-9-6-3)68-62(65)56-53-50-47-44-41-38-35-32-29-26-23-20-17-14-11-8-5-2/h15-20,24-29,59H,4-14,21-23,30-58H2,1-3H3/b18-15-,19-16-,20-17-,27-24-,28-25-,29-26-/t59-/m1/s1. The lowest BCUT2D eigenvalue weighted by molar-refractivity contribution is -0.167. The van der Waals surface area contributed by atoms with Crippen molar-refractivity contribution in [2.45, 2.75) is 290 Å². The van der Waals surface area contributed by atoms with Crippen LogP contribution in [-0.2, 0) is 28.6 Å². The third kappa shape index (κ3) is 53.8. The predicted molar refractivity (Wildman–Crippen MR) is 293 cm³/mol. The first-order chi connectivity index (χ1) is 33.5. The van der Waals surface area contributed by atoms with Gasteiger partial charge in [-0.2, -0.15) is 0 Å². The summed E-state index contributed by atoms with van der Waals surface area (Å²) in [6.07, 6.45) is 71.7. The van der Waals surface area contributed by atoms with Crippen molar-refractivity contribution in [2.75, 3.05) is 13.2 Å². The van der Waals surface area contributed by atoms with Crippen molar-refractivity contribution in [1.82, 2.24) is 0 Å². The summed E-state index contributed by atoms with van der Waals surface area (Å²) in [4.78, 5) is 38.2. The molecule has 0 bridgehead atoms. The highest BCUT2D eigenvalue weighted by molar-refractivity contribution is 5.71. The predicted octanol–water partition coefficient (Wildman–Crippen LogP) is 19.4. The van der Waals surface area contributed by atoms with Crippen molar-refractivity contribution >= 4 is 17.9 Å².